The number of nitrogens with one attached hydrogen (secondary N) is 1. The molecule has 2 atom stereocenters. The minimum atomic E-state index is -3.01. The van der Waals surface area contributed by atoms with E-state index in [9.17, 15) is 13.2 Å². The summed E-state index contributed by atoms with van der Waals surface area (Å²) in [5.74, 6) is 0.141. The van der Waals surface area contributed by atoms with Gasteiger partial charge in [-0.25, -0.2) is 13.2 Å². The molecule has 1 aliphatic heterocycles. The Morgan fingerprint density at radius 1 is 1.53 bits per heavy atom. The number of alkyl carbamates (subject to hydrolysis) is 1. The van der Waals surface area contributed by atoms with Gasteiger partial charge in [-0.1, -0.05) is 0 Å². The topological polar surface area (TPSA) is 72.5 Å². The molecule has 1 rings (SSSR count). The average Bonchev–Trinajstić information content (AvgIpc) is 2.40. The minimum Gasteiger partial charge on any atom is -0.450 e. The van der Waals surface area contributed by atoms with Gasteiger partial charge in [0.25, 0.3) is 0 Å². The molecule has 1 aliphatic rings. The molecule has 0 saturated carbocycles. The third kappa shape index (κ3) is 3.57. The van der Waals surface area contributed by atoms with E-state index >= 15 is 0 Å². The molecule has 0 radical (unpaired) electrons. The second-order valence-electron chi connectivity index (χ2n) is 3.32. The molecule has 1 fully saturated rings. The Bertz CT molecular complexity index is 328. The zero-order valence-electron chi connectivity index (χ0n) is 8.73. The van der Waals surface area contributed by atoms with Crippen LogP contribution in [0.5, 0.6) is 0 Å². The van der Waals surface area contributed by atoms with Gasteiger partial charge < -0.3 is 10.1 Å². The summed E-state index contributed by atoms with van der Waals surface area (Å²) in [6, 6.07) is -0.330. The Kier molecular flexibility index (Phi) is 4.27. The first-order chi connectivity index (χ1) is 6.98. The normalized spacial score (nSPS) is 28.7. The molecule has 0 aromatic carbocycles. The van der Waals surface area contributed by atoms with Gasteiger partial charge in [0, 0.05) is 5.25 Å². The van der Waals surface area contributed by atoms with Gasteiger partial charge in [-0.3, -0.25) is 0 Å². The maximum atomic E-state index is 11.3. The van der Waals surface area contributed by atoms with Crippen molar-refractivity contribution in [3.8, 4) is 0 Å². The van der Waals surface area contributed by atoms with Crippen molar-refractivity contribution in [2.75, 3.05) is 24.4 Å². The van der Waals surface area contributed by atoms with Gasteiger partial charge >= 0.3 is 6.09 Å². The zero-order valence-corrected chi connectivity index (χ0v) is 10.4. The van der Waals surface area contributed by atoms with Crippen LogP contribution in [-0.4, -0.2) is 50.2 Å². The van der Waals surface area contributed by atoms with Crippen molar-refractivity contribution in [1.82, 2.24) is 5.32 Å². The highest BCUT2D eigenvalue weighted by Crippen LogP contribution is 2.22. The van der Waals surface area contributed by atoms with Crippen molar-refractivity contribution in [1.29, 1.82) is 0 Å². The van der Waals surface area contributed by atoms with E-state index < -0.39 is 15.9 Å². The van der Waals surface area contributed by atoms with Crippen LogP contribution in [0.25, 0.3) is 0 Å². The van der Waals surface area contributed by atoms with E-state index in [0.717, 1.165) is 0 Å². The Morgan fingerprint density at radius 3 is 2.73 bits per heavy atom. The van der Waals surface area contributed by atoms with Crippen molar-refractivity contribution in [2.45, 2.75) is 18.2 Å². The van der Waals surface area contributed by atoms with Gasteiger partial charge in [0.2, 0.25) is 0 Å². The monoisotopic (exact) mass is 253 g/mol. The molecule has 0 bridgehead atoms. The summed E-state index contributed by atoms with van der Waals surface area (Å²) in [4.78, 5) is 11.1. The first kappa shape index (κ1) is 12.6. The third-order valence-corrected chi connectivity index (χ3v) is 5.23. The van der Waals surface area contributed by atoms with Gasteiger partial charge in [0.1, 0.15) is 0 Å². The Morgan fingerprint density at radius 2 is 2.20 bits per heavy atom. The maximum Gasteiger partial charge on any atom is 0.407 e. The number of rotatable bonds is 3. The lowest BCUT2D eigenvalue weighted by molar-refractivity contribution is 0.149. The summed E-state index contributed by atoms with van der Waals surface area (Å²) >= 11 is 1.45. The molecule has 0 aliphatic carbocycles. The van der Waals surface area contributed by atoms with E-state index in [0.29, 0.717) is 0 Å². The number of amides is 1. The molecule has 1 heterocycles. The first-order valence-electron chi connectivity index (χ1n) is 4.65. The highest BCUT2D eigenvalue weighted by Gasteiger charge is 2.38. The summed E-state index contributed by atoms with van der Waals surface area (Å²) in [6.07, 6.45) is 1.30. The van der Waals surface area contributed by atoms with Crippen molar-refractivity contribution in [2.24, 2.45) is 0 Å². The molecule has 0 spiro atoms. The number of carbonyl (C=O) groups excluding carboxylic acids is 1. The van der Waals surface area contributed by atoms with Crippen LogP contribution < -0.4 is 5.32 Å². The van der Waals surface area contributed by atoms with E-state index in [-0.39, 0.29) is 29.4 Å². The predicted octanol–water partition coefficient (Wildman–Crippen LogP) is 0.261. The van der Waals surface area contributed by atoms with Gasteiger partial charge in [-0.05, 0) is 13.2 Å². The van der Waals surface area contributed by atoms with Crippen LogP contribution in [0.1, 0.15) is 6.92 Å². The van der Waals surface area contributed by atoms with Crippen molar-refractivity contribution < 1.29 is 17.9 Å². The van der Waals surface area contributed by atoms with Crippen molar-refractivity contribution >= 4 is 27.7 Å². The molecule has 15 heavy (non-hydrogen) atoms. The van der Waals surface area contributed by atoms with Crippen LogP contribution in [0, 0.1) is 0 Å². The fraction of sp³-hybridized carbons (Fsp3) is 0.875. The van der Waals surface area contributed by atoms with Crippen LogP contribution in [0.3, 0.4) is 0 Å². The number of ether oxygens (including phenoxy) is 1. The maximum absolute atomic E-state index is 11.3. The molecular formula is C8H15NO4S2. The summed E-state index contributed by atoms with van der Waals surface area (Å²) in [5.41, 5.74) is 0. The fourth-order valence-electron chi connectivity index (χ4n) is 1.51. The first-order valence-corrected chi connectivity index (χ1v) is 7.76. The average molecular weight is 253 g/mol. The highest BCUT2D eigenvalue weighted by molar-refractivity contribution is 8.01. The van der Waals surface area contributed by atoms with E-state index in [4.69, 9.17) is 4.74 Å². The van der Waals surface area contributed by atoms with Crippen LogP contribution in [0.15, 0.2) is 0 Å². The van der Waals surface area contributed by atoms with E-state index in [1.54, 1.807) is 6.92 Å². The molecule has 7 heteroatoms. The predicted molar refractivity (Wildman–Crippen MR) is 59.9 cm³/mol. The Labute approximate surface area is 93.9 Å². The van der Waals surface area contributed by atoms with Crippen LogP contribution in [0.4, 0.5) is 4.79 Å². The highest BCUT2D eigenvalue weighted by atomic mass is 32.2. The minimum absolute atomic E-state index is 0.0112. The van der Waals surface area contributed by atoms with Gasteiger partial charge in [-0.2, -0.15) is 11.8 Å². The summed E-state index contributed by atoms with van der Waals surface area (Å²) in [6.45, 7) is 1.99. The van der Waals surface area contributed by atoms with E-state index in [2.05, 4.69) is 5.32 Å². The largest absolute Gasteiger partial charge is 0.450 e. The van der Waals surface area contributed by atoms with Gasteiger partial charge in [0.15, 0.2) is 9.84 Å². The smallest absolute Gasteiger partial charge is 0.407 e. The third-order valence-electron chi connectivity index (χ3n) is 2.18. The molecule has 88 valence electrons. The molecule has 0 unspecified atom stereocenters. The second-order valence-corrected chi connectivity index (χ2v) is 6.55. The standard InChI is InChI=1S/C8H15NO4S2/c1-3-13-8(10)9-6-4-15(11,12)5-7(6)14-2/h6-7H,3-5H2,1-2H3,(H,9,10)/t6-,7+/m1/s1. The summed E-state index contributed by atoms with van der Waals surface area (Å²) < 4.78 is 27.4. The summed E-state index contributed by atoms with van der Waals surface area (Å²) in [7, 11) is -3.01. The lowest BCUT2D eigenvalue weighted by atomic mass is 10.2. The fourth-order valence-corrected chi connectivity index (χ4v) is 5.02. The molecular weight excluding hydrogens is 238 g/mol. The van der Waals surface area contributed by atoms with Crippen LogP contribution in [-0.2, 0) is 14.6 Å². The molecule has 1 N–H and O–H groups in total. The Hall–Kier alpha value is -0.430. The molecule has 5 nitrogen and oxygen atoms in total. The quantitative estimate of drug-likeness (QED) is 0.781. The molecule has 1 saturated heterocycles. The second kappa shape index (κ2) is 5.07. The van der Waals surface area contributed by atoms with E-state index in [1.165, 1.54) is 11.8 Å². The molecule has 0 aromatic rings. The number of carbonyl (C=O) groups is 1. The summed E-state index contributed by atoms with van der Waals surface area (Å²) in [5, 5.41) is 2.51. The van der Waals surface area contributed by atoms with Crippen molar-refractivity contribution in [3.63, 3.8) is 0 Å². The van der Waals surface area contributed by atoms with Crippen molar-refractivity contribution in [3.05, 3.63) is 0 Å². The lowest BCUT2D eigenvalue weighted by Crippen LogP contribution is -2.41. The number of hydrogen-bond donors (Lipinski definition) is 1. The number of sulfone groups is 1. The molecule has 1 amide bonds. The van der Waals surface area contributed by atoms with Crippen LogP contribution >= 0.6 is 11.8 Å². The number of hydrogen-bond acceptors (Lipinski definition) is 5. The lowest BCUT2D eigenvalue weighted by Gasteiger charge is -2.16. The Balaban J connectivity index is 2.58. The van der Waals surface area contributed by atoms with Crippen LogP contribution in [0.2, 0.25) is 0 Å². The SMILES string of the molecule is CCOC(=O)N[C@@H]1CS(=O)(=O)C[C@@H]1SC. The number of thioether (sulfide) groups is 1. The van der Waals surface area contributed by atoms with E-state index in [1.807, 2.05) is 6.26 Å². The van der Waals surface area contributed by atoms with Gasteiger partial charge in [-0.15, -0.1) is 0 Å². The zero-order chi connectivity index (χ0) is 11.5. The molecule has 0 aromatic heterocycles. The van der Waals surface area contributed by atoms with Gasteiger partial charge in [0.05, 0.1) is 24.2 Å².